The molecule has 6 nitrogen and oxygen atoms in total. The van der Waals surface area contributed by atoms with Crippen LogP contribution >= 0.6 is 11.6 Å². The number of nitriles is 1. The maximum atomic E-state index is 13.0. The molecule has 0 saturated carbocycles. The van der Waals surface area contributed by atoms with E-state index in [1.807, 2.05) is 33.7 Å². The summed E-state index contributed by atoms with van der Waals surface area (Å²) in [7, 11) is 0. The summed E-state index contributed by atoms with van der Waals surface area (Å²) < 4.78 is 2.03. The lowest BCUT2D eigenvalue weighted by Gasteiger charge is -2.24. The Morgan fingerprint density at radius 2 is 2.03 bits per heavy atom. The molecule has 31 heavy (non-hydrogen) atoms. The fourth-order valence-corrected chi connectivity index (χ4v) is 3.46. The summed E-state index contributed by atoms with van der Waals surface area (Å²) >= 11 is 6.05. The number of carbonyl (C=O) groups is 1. The Bertz CT molecular complexity index is 1040. The zero-order valence-corrected chi connectivity index (χ0v) is 18.3. The number of urea groups is 1. The minimum Gasteiger partial charge on any atom is -0.329 e. The predicted octanol–water partition coefficient (Wildman–Crippen LogP) is 5.68. The first-order valence-electron chi connectivity index (χ1n) is 10.4. The monoisotopic (exact) mass is 435 g/mol. The van der Waals surface area contributed by atoms with Gasteiger partial charge in [0.2, 0.25) is 0 Å². The molecule has 0 aliphatic heterocycles. The second kappa shape index (κ2) is 11.2. The second-order valence-electron chi connectivity index (χ2n) is 7.39. The number of amides is 2. The van der Waals surface area contributed by atoms with E-state index in [4.69, 9.17) is 16.9 Å². The van der Waals surface area contributed by atoms with Gasteiger partial charge in [-0.25, -0.2) is 9.78 Å². The Morgan fingerprint density at radius 3 is 2.74 bits per heavy atom. The number of carbonyl (C=O) groups excluding carboxylic acids is 1. The molecule has 160 valence electrons. The summed E-state index contributed by atoms with van der Waals surface area (Å²) in [5, 5.41) is 12.5. The number of aromatic nitrogens is 2. The topological polar surface area (TPSA) is 74.0 Å². The smallest absolute Gasteiger partial charge is 0.322 e. The zero-order chi connectivity index (χ0) is 22.1. The van der Waals surface area contributed by atoms with Crippen LogP contribution in [0, 0.1) is 11.3 Å². The van der Waals surface area contributed by atoms with Crippen LogP contribution < -0.4 is 5.32 Å². The highest BCUT2D eigenvalue weighted by atomic mass is 35.5. The zero-order valence-electron chi connectivity index (χ0n) is 17.6. The third-order valence-electron chi connectivity index (χ3n) is 4.98. The first-order chi connectivity index (χ1) is 15.1. The van der Waals surface area contributed by atoms with Crippen LogP contribution in [0.2, 0.25) is 5.02 Å². The number of anilines is 1. The normalized spacial score (nSPS) is 10.5. The van der Waals surface area contributed by atoms with E-state index in [0.29, 0.717) is 35.9 Å². The number of benzene rings is 2. The van der Waals surface area contributed by atoms with Gasteiger partial charge in [-0.3, -0.25) is 0 Å². The molecule has 0 bridgehead atoms. The van der Waals surface area contributed by atoms with E-state index in [1.165, 1.54) is 0 Å². The summed E-state index contributed by atoms with van der Waals surface area (Å²) in [6.45, 7) is 3.87. The number of unbranched alkanes of at least 4 members (excludes halogenated alkanes) is 2. The number of nitrogens with zero attached hydrogens (tertiary/aromatic N) is 4. The van der Waals surface area contributed by atoms with Crippen molar-refractivity contribution in [1.82, 2.24) is 14.5 Å². The average molecular weight is 436 g/mol. The molecule has 2 aromatic carbocycles. The Hall–Kier alpha value is -3.30. The van der Waals surface area contributed by atoms with Gasteiger partial charge in [-0.05, 0) is 42.3 Å². The molecule has 0 spiro atoms. The molecule has 2 amide bonds. The number of imidazole rings is 1. The summed E-state index contributed by atoms with van der Waals surface area (Å²) in [6, 6.07) is 16.6. The van der Waals surface area contributed by atoms with Crippen molar-refractivity contribution in [1.29, 1.82) is 5.26 Å². The van der Waals surface area contributed by atoms with E-state index in [1.54, 1.807) is 36.8 Å². The van der Waals surface area contributed by atoms with Gasteiger partial charge in [-0.15, -0.1) is 0 Å². The van der Waals surface area contributed by atoms with Crippen molar-refractivity contribution in [3.05, 3.63) is 82.9 Å². The quantitative estimate of drug-likeness (QED) is 0.439. The number of nitrogens with one attached hydrogen (secondary N) is 1. The van der Waals surface area contributed by atoms with Gasteiger partial charge < -0.3 is 14.8 Å². The highest BCUT2D eigenvalue weighted by Crippen LogP contribution is 2.17. The van der Waals surface area contributed by atoms with Gasteiger partial charge in [0.25, 0.3) is 0 Å². The highest BCUT2D eigenvalue weighted by Gasteiger charge is 2.16. The van der Waals surface area contributed by atoms with E-state index in [0.717, 1.165) is 30.5 Å². The van der Waals surface area contributed by atoms with E-state index in [2.05, 4.69) is 23.3 Å². The number of hydrogen-bond acceptors (Lipinski definition) is 3. The van der Waals surface area contributed by atoms with Crippen molar-refractivity contribution in [3.63, 3.8) is 0 Å². The van der Waals surface area contributed by atoms with Gasteiger partial charge >= 0.3 is 6.03 Å². The third kappa shape index (κ3) is 6.59. The van der Waals surface area contributed by atoms with Crippen molar-refractivity contribution >= 4 is 23.3 Å². The summed E-state index contributed by atoms with van der Waals surface area (Å²) in [5.41, 5.74) is 3.32. The number of hydrogen-bond donors (Lipinski definition) is 1. The highest BCUT2D eigenvalue weighted by molar-refractivity contribution is 6.30. The molecule has 0 saturated heterocycles. The molecule has 0 aliphatic carbocycles. The van der Waals surface area contributed by atoms with Crippen LogP contribution in [-0.2, 0) is 13.1 Å². The molecular formula is C24H26ClN5O. The summed E-state index contributed by atoms with van der Waals surface area (Å²) in [5.74, 6) is 0. The van der Waals surface area contributed by atoms with Crippen LogP contribution in [0.4, 0.5) is 10.5 Å². The first-order valence-corrected chi connectivity index (χ1v) is 10.8. The standard InChI is InChI=1S/C24H26ClN5O/c1-2-3-4-12-29(24(31)28-22-7-5-6-21(25)13-22)17-23-15-27-18-30(23)16-20-10-8-19(14-26)9-11-20/h5-11,13,15,18H,2-4,12,16-17H2,1H3,(H,28,31). The maximum Gasteiger partial charge on any atom is 0.322 e. The Balaban J connectivity index is 1.72. The van der Waals surface area contributed by atoms with Crippen LogP contribution in [0.25, 0.3) is 0 Å². The second-order valence-corrected chi connectivity index (χ2v) is 7.83. The van der Waals surface area contributed by atoms with Crippen LogP contribution in [0.15, 0.2) is 61.1 Å². The van der Waals surface area contributed by atoms with E-state index >= 15 is 0 Å². The minimum absolute atomic E-state index is 0.163. The fourth-order valence-electron chi connectivity index (χ4n) is 3.27. The lowest BCUT2D eigenvalue weighted by atomic mass is 10.1. The lowest BCUT2D eigenvalue weighted by Crippen LogP contribution is -2.36. The maximum absolute atomic E-state index is 13.0. The lowest BCUT2D eigenvalue weighted by molar-refractivity contribution is 0.206. The first kappa shape index (κ1) is 22.4. The molecule has 0 atom stereocenters. The van der Waals surface area contributed by atoms with Gasteiger partial charge in [0, 0.05) is 30.0 Å². The predicted molar refractivity (Wildman–Crippen MR) is 123 cm³/mol. The van der Waals surface area contributed by atoms with Gasteiger partial charge in [0.1, 0.15) is 0 Å². The molecular weight excluding hydrogens is 410 g/mol. The largest absolute Gasteiger partial charge is 0.329 e. The molecule has 7 heteroatoms. The molecule has 1 heterocycles. The third-order valence-corrected chi connectivity index (χ3v) is 5.22. The Morgan fingerprint density at radius 1 is 1.23 bits per heavy atom. The fraction of sp³-hybridized carbons (Fsp3) is 0.292. The average Bonchev–Trinajstić information content (AvgIpc) is 3.20. The molecule has 0 aliphatic rings. The molecule has 0 radical (unpaired) electrons. The van der Waals surface area contributed by atoms with Gasteiger partial charge in [0.15, 0.2) is 0 Å². The van der Waals surface area contributed by atoms with Crippen molar-refractivity contribution in [2.75, 3.05) is 11.9 Å². The molecule has 3 aromatic rings. The SMILES string of the molecule is CCCCCN(Cc1cncn1Cc1ccc(C#N)cc1)C(=O)Nc1cccc(Cl)c1. The van der Waals surface area contributed by atoms with Crippen LogP contribution in [0.3, 0.4) is 0 Å². The van der Waals surface area contributed by atoms with E-state index in [9.17, 15) is 4.79 Å². The minimum atomic E-state index is -0.163. The van der Waals surface area contributed by atoms with Crippen molar-refractivity contribution < 1.29 is 4.79 Å². The van der Waals surface area contributed by atoms with Crippen molar-refractivity contribution in [3.8, 4) is 6.07 Å². The number of halogens is 1. The molecule has 0 unspecified atom stereocenters. The van der Waals surface area contributed by atoms with E-state index in [-0.39, 0.29) is 6.03 Å². The van der Waals surface area contributed by atoms with Crippen LogP contribution in [-0.4, -0.2) is 27.0 Å². The number of rotatable bonds is 9. The van der Waals surface area contributed by atoms with Crippen LogP contribution in [0.1, 0.15) is 43.0 Å². The van der Waals surface area contributed by atoms with Crippen molar-refractivity contribution in [2.45, 2.75) is 39.3 Å². The molecule has 0 fully saturated rings. The Kier molecular flexibility index (Phi) is 8.08. The Labute approximate surface area is 188 Å². The molecule has 1 N–H and O–H groups in total. The van der Waals surface area contributed by atoms with Crippen LogP contribution in [0.5, 0.6) is 0 Å². The molecule has 1 aromatic heterocycles. The van der Waals surface area contributed by atoms with Crippen molar-refractivity contribution in [2.24, 2.45) is 0 Å². The summed E-state index contributed by atoms with van der Waals surface area (Å²) in [4.78, 5) is 19.1. The summed E-state index contributed by atoms with van der Waals surface area (Å²) in [6.07, 6.45) is 6.64. The van der Waals surface area contributed by atoms with Gasteiger partial charge in [-0.1, -0.05) is 49.6 Å². The van der Waals surface area contributed by atoms with Gasteiger partial charge in [-0.2, -0.15) is 5.26 Å². The molecule has 3 rings (SSSR count). The van der Waals surface area contributed by atoms with E-state index < -0.39 is 0 Å². The van der Waals surface area contributed by atoms with Gasteiger partial charge in [0.05, 0.1) is 30.2 Å².